The van der Waals surface area contributed by atoms with E-state index in [0.29, 0.717) is 0 Å². The largest absolute Gasteiger partial charge is 2.00 e. The van der Waals surface area contributed by atoms with E-state index in [1.165, 1.54) is 5.56 Å². The Hall–Kier alpha value is -1.08. The van der Waals surface area contributed by atoms with Crippen molar-refractivity contribution in [1.82, 2.24) is 0 Å². The van der Waals surface area contributed by atoms with E-state index in [0.717, 1.165) is 10.6 Å². The third-order valence-corrected chi connectivity index (χ3v) is 2.73. The van der Waals surface area contributed by atoms with Crippen molar-refractivity contribution in [1.29, 1.82) is 0 Å². The first-order valence-electron chi connectivity index (χ1n) is 5.51. The molecule has 0 fully saturated rings. The molecule has 0 saturated heterocycles. The molecule has 0 unspecified atom stereocenters. The van der Waals surface area contributed by atoms with Gasteiger partial charge in [-0.2, -0.15) is 24.3 Å². The van der Waals surface area contributed by atoms with E-state index in [-0.39, 0.29) is 21.7 Å². The molecule has 2 heteroatoms. The molecule has 0 radical (unpaired) electrons. The predicted molar refractivity (Wildman–Crippen MR) is 74.5 cm³/mol. The van der Waals surface area contributed by atoms with Crippen molar-refractivity contribution in [3.63, 3.8) is 0 Å². The summed E-state index contributed by atoms with van der Waals surface area (Å²) in [5, 5.41) is 0.821. The third kappa shape index (κ3) is 4.31. The molecular formula is C16H13ClTi. The van der Waals surface area contributed by atoms with Gasteiger partial charge in [0.2, 0.25) is 0 Å². The maximum absolute atomic E-state index is 5.97. The fourth-order valence-corrected chi connectivity index (χ4v) is 1.82. The Morgan fingerprint density at radius 3 is 1.94 bits per heavy atom. The first-order valence-corrected chi connectivity index (χ1v) is 5.89. The molecule has 3 aromatic rings. The average Bonchev–Trinajstić information content (AvgIpc) is 3.03. The summed E-state index contributed by atoms with van der Waals surface area (Å²) in [7, 11) is 0. The van der Waals surface area contributed by atoms with Crippen molar-refractivity contribution in [2.24, 2.45) is 0 Å². The van der Waals surface area contributed by atoms with Crippen LogP contribution in [0.25, 0.3) is 11.1 Å². The second kappa shape index (κ2) is 8.10. The van der Waals surface area contributed by atoms with Gasteiger partial charge in [-0.3, -0.25) is 0 Å². The molecule has 0 aliphatic heterocycles. The van der Waals surface area contributed by atoms with Crippen LogP contribution in [-0.4, -0.2) is 0 Å². The van der Waals surface area contributed by atoms with Gasteiger partial charge >= 0.3 is 21.7 Å². The maximum Gasteiger partial charge on any atom is 2.00 e. The standard InChI is InChI=1S/C11H8Cl.C5H5.Ti/c12-11-8-4-7-10(11)9-5-2-1-3-6-9;1-2-4-5-3-1;/h1-8H;1-5H;/q2*-1;+2. The first-order chi connectivity index (χ1) is 8.38. The monoisotopic (exact) mass is 288 g/mol. The summed E-state index contributed by atoms with van der Waals surface area (Å²) < 4.78 is 0. The molecule has 0 nitrogen and oxygen atoms in total. The Balaban J connectivity index is 0.000000230. The molecule has 0 atom stereocenters. The van der Waals surface area contributed by atoms with Crippen LogP contribution in [-0.2, 0) is 21.7 Å². The zero-order valence-corrected chi connectivity index (χ0v) is 12.2. The van der Waals surface area contributed by atoms with Gasteiger partial charge in [0.1, 0.15) is 0 Å². The second-order valence-electron chi connectivity index (χ2n) is 3.62. The molecule has 88 valence electrons. The third-order valence-electron chi connectivity index (χ3n) is 2.40. The quantitative estimate of drug-likeness (QED) is 0.430. The molecule has 0 aromatic heterocycles. The molecular weight excluding hydrogens is 275 g/mol. The van der Waals surface area contributed by atoms with Gasteiger partial charge in [0.25, 0.3) is 0 Å². The second-order valence-corrected chi connectivity index (χ2v) is 4.02. The van der Waals surface area contributed by atoms with Crippen molar-refractivity contribution < 1.29 is 21.7 Å². The molecule has 18 heavy (non-hydrogen) atoms. The Kier molecular flexibility index (Phi) is 6.74. The van der Waals surface area contributed by atoms with E-state index in [2.05, 4.69) is 12.1 Å². The van der Waals surface area contributed by atoms with E-state index >= 15 is 0 Å². The van der Waals surface area contributed by atoms with Gasteiger partial charge in [-0.05, 0) is 5.02 Å². The summed E-state index contributed by atoms with van der Waals surface area (Å²) in [4.78, 5) is 0. The molecule has 0 aliphatic carbocycles. The van der Waals surface area contributed by atoms with Crippen LogP contribution in [0.1, 0.15) is 0 Å². The van der Waals surface area contributed by atoms with Gasteiger partial charge in [0.15, 0.2) is 0 Å². The Bertz CT molecular complexity index is 506. The zero-order valence-electron chi connectivity index (χ0n) is 9.88. The normalized spacial score (nSPS) is 8.94. The zero-order chi connectivity index (χ0) is 11.9. The van der Waals surface area contributed by atoms with Gasteiger partial charge in [0, 0.05) is 0 Å². The van der Waals surface area contributed by atoms with Crippen molar-refractivity contribution in [2.45, 2.75) is 0 Å². The summed E-state index contributed by atoms with van der Waals surface area (Å²) in [5.41, 5.74) is 2.28. The summed E-state index contributed by atoms with van der Waals surface area (Å²) in [6.45, 7) is 0. The van der Waals surface area contributed by atoms with Crippen LogP contribution in [0.5, 0.6) is 0 Å². The predicted octanol–water partition coefficient (Wildman–Crippen LogP) is 5.13. The summed E-state index contributed by atoms with van der Waals surface area (Å²) in [5.74, 6) is 0. The van der Waals surface area contributed by atoms with Gasteiger partial charge in [-0.25, -0.2) is 12.1 Å². The molecule has 0 saturated carbocycles. The average molecular weight is 289 g/mol. The summed E-state index contributed by atoms with van der Waals surface area (Å²) in [6, 6.07) is 26.0. The molecule has 0 spiro atoms. The van der Waals surface area contributed by atoms with Crippen molar-refractivity contribution in [3.05, 3.63) is 83.9 Å². The minimum atomic E-state index is 0. The first kappa shape index (κ1) is 15.0. The summed E-state index contributed by atoms with van der Waals surface area (Å²) >= 11 is 5.97. The van der Waals surface area contributed by atoms with Crippen LogP contribution in [0, 0.1) is 0 Å². The minimum absolute atomic E-state index is 0. The molecule has 0 heterocycles. The van der Waals surface area contributed by atoms with Crippen LogP contribution in [0.15, 0.2) is 78.9 Å². The fraction of sp³-hybridized carbons (Fsp3) is 0. The number of hydrogen-bond donors (Lipinski definition) is 0. The minimum Gasteiger partial charge on any atom is -0.214 e. The van der Waals surface area contributed by atoms with Crippen molar-refractivity contribution in [3.8, 4) is 11.1 Å². The molecule has 0 aliphatic rings. The molecule has 3 aromatic carbocycles. The van der Waals surface area contributed by atoms with E-state index in [9.17, 15) is 0 Å². The van der Waals surface area contributed by atoms with E-state index in [1.54, 1.807) is 0 Å². The van der Waals surface area contributed by atoms with Gasteiger partial charge in [-0.15, -0.1) is 41.4 Å². The Morgan fingerprint density at radius 1 is 0.833 bits per heavy atom. The number of halogens is 1. The number of benzene rings is 1. The van der Waals surface area contributed by atoms with E-state index < -0.39 is 0 Å². The molecule has 0 amide bonds. The number of hydrogen-bond acceptors (Lipinski definition) is 0. The van der Waals surface area contributed by atoms with Crippen LogP contribution in [0.4, 0.5) is 0 Å². The van der Waals surface area contributed by atoms with Crippen molar-refractivity contribution >= 4 is 11.6 Å². The van der Waals surface area contributed by atoms with Crippen LogP contribution in [0.2, 0.25) is 5.02 Å². The van der Waals surface area contributed by atoms with Crippen molar-refractivity contribution in [2.75, 3.05) is 0 Å². The number of rotatable bonds is 1. The van der Waals surface area contributed by atoms with Crippen LogP contribution in [0.3, 0.4) is 0 Å². The molecule has 3 rings (SSSR count). The maximum atomic E-state index is 5.97. The van der Waals surface area contributed by atoms with Gasteiger partial charge in [0.05, 0.1) is 0 Å². The summed E-state index contributed by atoms with van der Waals surface area (Å²) in [6.07, 6.45) is 0. The van der Waals surface area contributed by atoms with Crippen LogP contribution >= 0.6 is 11.6 Å². The SMILES string of the molecule is Clc1ccc[c-]1-c1ccccc1.[Ti+2].c1cc[cH-]c1. The molecule has 0 N–H and O–H groups in total. The van der Waals surface area contributed by atoms with Gasteiger partial charge in [-0.1, -0.05) is 23.8 Å². The van der Waals surface area contributed by atoms with E-state index in [4.69, 9.17) is 11.6 Å². The Labute approximate surface area is 128 Å². The van der Waals surface area contributed by atoms with Crippen LogP contribution < -0.4 is 0 Å². The van der Waals surface area contributed by atoms with Gasteiger partial charge < -0.3 is 0 Å². The topological polar surface area (TPSA) is 0 Å². The fourth-order valence-electron chi connectivity index (χ4n) is 1.57. The molecule has 0 bridgehead atoms. The Morgan fingerprint density at radius 2 is 1.50 bits per heavy atom. The van der Waals surface area contributed by atoms with E-state index in [1.807, 2.05) is 66.7 Å². The smallest absolute Gasteiger partial charge is 0.214 e.